The Kier molecular flexibility index (Phi) is 14.5. The van der Waals surface area contributed by atoms with E-state index in [0.29, 0.717) is 5.92 Å². The van der Waals surface area contributed by atoms with E-state index in [1.165, 1.54) is 88.6 Å². The Morgan fingerprint density at radius 1 is 0.696 bits per heavy atom. The smallest absolute Gasteiger partial charge is 1.00 e. The van der Waals surface area contributed by atoms with Crippen molar-refractivity contribution in [2.24, 2.45) is 5.92 Å². The average molecular weight is 727 g/mol. The van der Waals surface area contributed by atoms with Crippen LogP contribution in [0.3, 0.4) is 0 Å². The summed E-state index contributed by atoms with van der Waals surface area (Å²) in [5.74, 6) is 0.556. The molecule has 46 heavy (non-hydrogen) atoms. The summed E-state index contributed by atoms with van der Waals surface area (Å²) in [6, 6.07) is 32.7. The van der Waals surface area contributed by atoms with Gasteiger partial charge in [0.2, 0.25) is 0 Å². The molecule has 0 nitrogen and oxygen atoms in total. The number of hydrogen-bond donors (Lipinski definition) is 0. The number of halogens is 2. The molecule has 0 spiro atoms. The van der Waals surface area contributed by atoms with Gasteiger partial charge < -0.3 is 24.8 Å². The quantitative estimate of drug-likeness (QED) is 0.225. The Labute approximate surface area is 307 Å². The summed E-state index contributed by atoms with van der Waals surface area (Å²) in [5, 5.41) is 0. The summed E-state index contributed by atoms with van der Waals surface area (Å²) < 4.78 is 1.42. The molecule has 0 saturated carbocycles. The fraction of sp³-hybridized carbons (Fsp3) is 0.326. The number of hydrogen-bond acceptors (Lipinski definition) is 0. The van der Waals surface area contributed by atoms with Crippen LogP contribution in [0.5, 0.6) is 0 Å². The molecule has 240 valence electrons. The van der Waals surface area contributed by atoms with Crippen LogP contribution >= 0.6 is 0 Å². The van der Waals surface area contributed by atoms with Crippen molar-refractivity contribution < 1.29 is 49.0 Å². The van der Waals surface area contributed by atoms with Crippen molar-refractivity contribution >= 4 is 3.21 Å². The van der Waals surface area contributed by atoms with Crippen LogP contribution < -0.4 is 24.8 Å². The van der Waals surface area contributed by atoms with Crippen LogP contribution in [0.2, 0.25) is 0 Å². The van der Waals surface area contributed by atoms with Crippen molar-refractivity contribution in [1.29, 1.82) is 0 Å². The van der Waals surface area contributed by atoms with E-state index in [1.54, 1.807) is 0 Å². The van der Waals surface area contributed by atoms with Gasteiger partial charge in [-0.3, -0.25) is 6.08 Å². The van der Waals surface area contributed by atoms with Crippen molar-refractivity contribution in [3.63, 3.8) is 0 Å². The van der Waals surface area contributed by atoms with Gasteiger partial charge in [-0.1, -0.05) is 78.1 Å². The maximum Gasteiger partial charge on any atom is -1.00 e. The summed E-state index contributed by atoms with van der Waals surface area (Å²) in [7, 11) is 0. The molecule has 4 aromatic rings. The second-order valence-electron chi connectivity index (χ2n) is 14.4. The van der Waals surface area contributed by atoms with Gasteiger partial charge >= 0.3 is 112 Å². The van der Waals surface area contributed by atoms with Crippen LogP contribution in [0.25, 0.3) is 11.1 Å². The monoisotopic (exact) mass is 724 g/mol. The van der Waals surface area contributed by atoms with Gasteiger partial charge in [-0.2, -0.15) is 29.8 Å². The third kappa shape index (κ3) is 10.6. The van der Waals surface area contributed by atoms with Gasteiger partial charge in [0, 0.05) is 0 Å². The molecule has 2 aliphatic rings. The second-order valence-corrected chi connectivity index (χ2v) is 15.7. The first-order valence-electron chi connectivity index (χ1n) is 15.8. The molecule has 3 heteroatoms. The normalized spacial score (nSPS) is 14.3. The number of rotatable bonds is 2. The number of fused-ring (bicyclic) bond motifs is 3. The number of benzene rings is 4. The van der Waals surface area contributed by atoms with E-state index in [9.17, 15) is 0 Å². The Morgan fingerprint density at radius 3 is 1.63 bits per heavy atom. The van der Waals surface area contributed by atoms with Crippen molar-refractivity contribution in [2.45, 2.75) is 86.5 Å². The molecule has 0 heterocycles. The zero-order chi connectivity index (χ0) is 32.2. The van der Waals surface area contributed by atoms with Gasteiger partial charge in [-0.15, -0.1) is 18.1 Å². The van der Waals surface area contributed by atoms with E-state index >= 15 is 0 Å². The minimum Gasteiger partial charge on any atom is -1.00 e. The third-order valence-corrected chi connectivity index (χ3v) is 9.65. The summed E-state index contributed by atoms with van der Waals surface area (Å²) in [6.45, 7) is 22.1. The molecule has 0 saturated heterocycles. The molecule has 0 aromatic heterocycles. The first-order valence-corrected chi connectivity index (χ1v) is 17.0. The van der Waals surface area contributed by atoms with E-state index < -0.39 is 0 Å². The molecular formula is C43H48Cl2Zr-2. The summed E-state index contributed by atoms with van der Waals surface area (Å²) in [5.41, 5.74) is 15.4. The Bertz CT molecular complexity index is 1570. The van der Waals surface area contributed by atoms with E-state index in [4.69, 9.17) is 0 Å². The molecule has 0 amide bonds. The molecule has 2 aliphatic carbocycles. The zero-order valence-electron chi connectivity index (χ0n) is 29.2. The van der Waals surface area contributed by atoms with Gasteiger partial charge in [0.15, 0.2) is 0 Å². The summed E-state index contributed by atoms with van der Waals surface area (Å²) in [6.07, 6.45) is 8.40. The number of allylic oxidation sites excluding steroid dienone is 4. The van der Waals surface area contributed by atoms with Crippen LogP contribution in [0.4, 0.5) is 0 Å². The van der Waals surface area contributed by atoms with Crippen LogP contribution in [-0.4, -0.2) is 3.21 Å². The van der Waals surface area contributed by atoms with Gasteiger partial charge in [-0.25, -0.2) is 11.6 Å². The molecule has 4 aromatic carbocycles. The van der Waals surface area contributed by atoms with Crippen LogP contribution in [0.1, 0.15) is 99.9 Å². The van der Waals surface area contributed by atoms with Gasteiger partial charge in [0.25, 0.3) is 0 Å². The van der Waals surface area contributed by atoms with Crippen LogP contribution in [-0.2, 0) is 41.5 Å². The topological polar surface area (TPSA) is 0 Å². The van der Waals surface area contributed by atoms with E-state index in [2.05, 4.69) is 166 Å². The van der Waals surface area contributed by atoms with Gasteiger partial charge in [0.1, 0.15) is 0 Å². The molecule has 0 aliphatic heterocycles. The third-order valence-electron chi connectivity index (χ3n) is 8.23. The molecular weight excluding hydrogens is 679 g/mol. The maximum atomic E-state index is 3.67. The summed E-state index contributed by atoms with van der Waals surface area (Å²) in [4.78, 5) is 0. The molecule has 0 radical (unpaired) electrons. The average Bonchev–Trinajstić information content (AvgIpc) is 3.53. The van der Waals surface area contributed by atoms with Crippen LogP contribution in [0.15, 0.2) is 96.6 Å². The van der Waals surface area contributed by atoms with Crippen molar-refractivity contribution in [3.8, 4) is 11.1 Å². The minimum atomic E-state index is 0. The molecule has 0 bridgehead atoms. The van der Waals surface area contributed by atoms with Gasteiger partial charge in [0.05, 0.1) is 0 Å². The van der Waals surface area contributed by atoms with E-state index in [-0.39, 0.29) is 35.6 Å². The first kappa shape index (κ1) is 39.9. The van der Waals surface area contributed by atoms with Gasteiger partial charge in [-0.05, 0) is 28.4 Å². The predicted molar refractivity (Wildman–Crippen MR) is 187 cm³/mol. The fourth-order valence-corrected chi connectivity index (χ4v) is 6.21. The standard InChI is InChI=1S/C21H25.C15H14.C7H9.2ClH.Zr/c1-20(2,3)16-7-9-18-14(12-16)11-15-13-17(21(4,5)6)8-10-19(15)18;1-12-3-7-14(8-4-12)11-15-9-5-13(2)6-10-15;1-6-3-4-7(2)5-6;;;/h7-10,12H,11H2,1-6H3;3-10H,1-2H3;3,5,7H,1-2H3;2*1H;/q-1;;-1;;;+2/p-2. The molecule has 0 N–H and O–H groups in total. The maximum absolute atomic E-state index is 3.67. The van der Waals surface area contributed by atoms with E-state index in [1.807, 2.05) is 6.08 Å². The SMILES string of the molecule is CC(C)(C)c1[c-]c2c(cc1)-c1ccc(C(C)(C)C)cc1C2.CC1=CC(C)[C-]=C1.Cc1ccc([C](=[Zr+2])c2ccc(C)cc2)cc1.[Cl-].[Cl-]. The second kappa shape index (κ2) is 16.7. The Hall–Kier alpha value is -2.31. The number of aryl methyl sites for hydroxylation is 2. The largest absolute Gasteiger partial charge is 1.00 e. The molecule has 0 fully saturated rings. The summed E-state index contributed by atoms with van der Waals surface area (Å²) >= 11 is 1.46. The van der Waals surface area contributed by atoms with Crippen molar-refractivity contribution in [1.82, 2.24) is 0 Å². The molecule has 6 rings (SSSR count). The Morgan fingerprint density at radius 2 is 1.22 bits per heavy atom. The first-order chi connectivity index (χ1) is 20.6. The van der Waals surface area contributed by atoms with E-state index in [0.717, 1.165) is 6.42 Å². The predicted octanol–water partition coefficient (Wildman–Crippen LogP) is 5.02. The van der Waals surface area contributed by atoms with Crippen molar-refractivity contribution in [3.05, 3.63) is 153 Å². The minimum absolute atomic E-state index is 0. The van der Waals surface area contributed by atoms with Crippen molar-refractivity contribution in [2.75, 3.05) is 0 Å². The Balaban J connectivity index is 0.000000261. The van der Waals surface area contributed by atoms with Crippen LogP contribution in [0, 0.1) is 31.9 Å². The zero-order valence-corrected chi connectivity index (χ0v) is 33.2. The fourth-order valence-electron chi connectivity index (χ4n) is 5.39. The molecule has 1 unspecified atom stereocenters. The molecule has 1 atom stereocenters.